The molecule has 0 spiro atoms. The van der Waals surface area contributed by atoms with Gasteiger partial charge in [-0.3, -0.25) is 9.59 Å². The molecule has 0 unspecified atom stereocenters. The van der Waals surface area contributed by atoms with E-state index < -0.39 is 5.91 Å². The van der Waals surface area contributed by atoms with E-state index in [1.807, 2.05) is 0 Å². The molecule has 0 aromatic carbocycles. The SMILES string of the molecule is O=C(CNC(=O)c1ccco1)NCCCO. The van der Waals surface area contributed by atoms with Crippen LogP contribution in [-0.2, 0) is 4.79 Å². The van der Waals surface area contributed by atoms with Gasteiger partial charge in [-0.2, -0.15) is 0 Å². The Hall–Kier alpha value is -1.82. The third-order valence-corrected chi connectivity index (χ3v) is 1.81. The van der Waals surface area contributed by atoms with Gasteiger partial charge in [0.2, 0.25) is 5.91 Å². The largest absolute Gasteiger partial charge is 0.459 e. The maximum absolute atomic E-state index is 11.3. The molecule has 0 radical (unpaired) electrons. The third-order valence-electron chi connectivity index (χ3n) is 1.81. The third kappa shape index (κ3) is 4.14. The van der Waals surface area contributed by atoms with E-state index >= 15 is 0 Å². The molecule has 0 fully saturated rings. The molecule has 6 heteroatoms. The zero-order valence-corrected chi connectivity index (χ0v) is 8.73. The lowest BCUT2D eigenvalue weighted by Crippen LogP contribution is -2.37. The lowest BCUT2D eigenvalue weighted by atomic mass is 10.4. The number of hydrogen-bond donors (Lipinski definition) is 3. The Labute approximate surface area is 92.6 Å². The molecule has 1 heterocycles. The molecule has 6 nitrogen and oxygen atoms in total. The van der Waals surface area contributed by atoms with Crippen LogP contribution in [-0.4, -0.2) is 36.6 Å². The molecule has 0 saturated heterocycles. The van der Waals surface area contributed by atoms with Crippen LogP contribution in [0.2, 0.25) is 0 Å². The van der Waals surface area contributed by atoms with Gasteiger partial charge in [-0.1, -0.05) is 0 Å². The van der Waals surface area contributed by atoms with Gasteiger partial charge in [0, 0.05) is 13.2 Å². The van der Waals surface area contributed by atoms with Crippen molar-refractivity contribution in [2.75, 3.05) is 19.7 Å². The summed E-state index contributed by atoms with van der Waals surface area (Å²) in [6.45, 7) is 0.315. The molecule has 3 N–H and O–H groups in total. The Balaban J connectivity index is 2.19. The van der Waals surface area contributed by atoms with Crippen molar-refractivity contribution >= 4 is 11.8 Å². The number of carbonyl (C=O) groups is 2. The van der Waals surface area contributed by atoms with E-state index in [0.29, 0.717) is 13.0 Å². The first-order chi connectivity index (χ1) is 7.74. The van der Waals surface area contributed by atoms with Gasteiger partial charge < -0.3 is 20.2 Å². The molecular weight excluding hydrogens is 212 g/mol. The highest BCUT2D eigenvalue weighted by Gasteiger charge is 2.09. The van der Waals surface area contributed by atoms with Crippen LogP contribution in [0.1, 0.15) is 17.0 Å². The summed E-state index contributed by atoms with van der Waals surface area (Å²) in [5, 5.41) is 13.4. The van der Waals surface area contributed by atoms with Gasteiger partial charge in [0.15, 0.2) is 5.76 Å². The number of amides is 2. The highest BCUT2D eigenvalue weighted by Crippen LogP contribution is 1.98. The zero-order valence-electron chi connectivity index (χ0n) is 8.73. The van der Waals surface area contributed by atoms with Gasteiger partial charge in [0.1, 0.15) is 0 Å². The van der Waals surface area contributed by atoms with E-state index in [2.05, 4.69) is 10.6 Å². The van der Waals surface area contributed by atoms with Gasteiger partial charge in [-0.25, -0.2) is 0 Å². The first-order valence-corrected chi connectivity index (χ1v) is 4.93. The summed E-state index contributed by atoms with van der Waals surface area (Å²) >= 11 is 0. The molecule has 1 aromatic rings. The first kappa shape index (κ1) is 12.3. The summed E-state index contributed by atoms with van der Waals surface area (Å²) in [6, 6.07) is 3.11. The smallest absolute Gasteiger partial charge is 0.287 e. The number of carbonyl (C=O) groups excluding carboxylic acids is 2. The van der Waals surface area contributed by atoms with Crippen LogP contribution < -0.4 is 10.6 Å². The highest BCUT2D eigenvalue weighted by molar-refractivity contribution is 5.94. The molecule has 0 aliphatic rings. The summed E-state index contributed by atoms with van der Waals surface area (Å²) in [5.41, 5.74) is 0. The van der Waals surface area contributed by atoms with Gasteiger partial charge in [-0.05, 0) is 18.6 Å². The van der Waals surface area contributed by atoms with Gasteiger partial charge >= 0.3 is 0 Å². The maximum Gasteiger partial charge on any atom is 0.287 e. The van der Waals surface area contributed by atoms with E-state index in [4.69, 9.17) is 9.52 Å². The Morgan fingerprint density at radius 1 is 1.38 bits per heavy atom. The van der Waals surface area contributed by atoms with Crippen LogP contribution in [0, 0.1) is 0 Å². The van der Waals surface area contributed by atoms with Crippen molar-refractivity contribution in [3.05, 3.63) is 24.2 Å². The average molecular weight is 226 g/mol. The molecule has 1 aromatic heterocycles. The lowest BCUT2D eigenvalue weighted by Gasteiger charge is -2.04. The van der Waals surface area contributed by atoms with Gasteiger partial charge in [0.05, 0.1) is 12.8 Å². The predicted molar refractivity (Wildman–Crippen MR) is 55.8 cm³/mol. The second kappa shape index (κ2) is 6.62. The van der Waals surface area contributed by atoms with E-state index in [1.165, 1.54) is 12.3 Å². The van der Waals surface area contributed by atoms with E-state index in [1.54, 1.807) is 6.07 Å². The van der Waals surface area contributed by atoms with Crippen molar-refractivity contribution < 1.29 is 19.1 Å². The van der Waals surface area contributed by atoms with Crippen molar-refractivity contribution in [1.82, 2.24) is 10.6 Å². The fourth-order valence-corrected chi connectivity index (χ4v) is 1.02. The topological polar surface area (TPSA) is 91.6 Å². The second-order valence-corrected chi connectivity index (χ2v) is 3.09. The standard InChI is InChI=1S/C10H14N2O4/c13-5-2-4-11-9(14)7-12-10(15)8-3-1-6-16-8/h1,3,6,13H,2,4-5,7H2,(H,11,14)(H,12,15). The van der Waals surface area contributed by atoms with Crippen molar-refractivity contribution in [2.45, 2.75) is 6.42 Å². The number of aliphatic hydroxyl groups excluding tert-OH is 1. The van der Waals surface area contributed by atoms with E-state index in [0.717, 1.165) is 0 Å². The normalized spacial score (nSPS) is 9.81. The average Bonchev–Trinajstić information content (AvgIpc) is 2.79. The monoisotopic (exact) mass is 226 g/mol. The minimum absolute atomic E-state index is 0.0268. The predicted octanol–water partition coefficient (Wildman–Crippen LogP) is -0.492. The molecule has 0 aliphatic heterocycles. The van der Waals surface area contributed by atoms with Crippen molar-refractivity contribution in [3.63, 3.8) is 0 Å². The fraction of sp³-hybridized carbons (Fsp3) is 0.400. The van der Waals surface area contributed by atoms with E-state index in [9.17, 15) is 9.59 Å². The fourth-order valence-electron chi connectivity index (χ4n) is 1.02. The summed E-state index contributed by atoms with van der Waals surface area (Å²) in [7, 11) is 0. The Morgan fingerprint density at radius 2 is 2.19 bits per heavy atom. The number of nitrogens with one attached hydrogen (secondary N) is 2. The molecule has 0 aliphatic carbocycles. The maximum atomic E-state index is 11.3. The number of rotatable bonds is 6. The van der Waals surface area contributed by atoms with Crippen LogP contribution in [0.15, 0.2) is 22.8 Å². The van der Waals surface area contributed by atoms with Crippen LogP contribution in [0.25, 0.3) is 0 Å². The minimum Gasteiger partial charge on any atom is -0.459 e. The van der Waals surface area contributed by atoms with E-state index in [-0.39, 0.29) is 24.8 Å². The minimum atomic E-state index is -0.428. The van der Waals surface area contributed by atoms with Crippen molar-refractivity contribution in [1.29, 1.82) is 0 Å². The zero-order chi connectivity index (χ0) is 11.8. The lowest BCUT2D eigenvalue weighted by molar-refractivity contribution is -0.120. The molecule has 16 heavy (non-hydrogen) atoms. The number of hydrogen-bond acceptors (Lipinski definition) is 4. The summed E-state index contributed by atoms with van der Waals surface area (Å²) in [6.07, 6.45) is 1.88. The number of aliphatic hydroxyl groups is 1. The Kier molecular flexibility index (Phi) is 5.07. The molecule has 1 rings (SSSR count). The molecular formula is C10H14N2O4. The molecule has 88 valence electrons. The quantitative estimate of drug-likeness (QED) is 0.571. The van der Waals surface area contributed by atoms with Gasteiger partial charge in [0.25, 0.3) is 5.91 Å². The van der Waals surface area contributed by atoms with Crippen LogP contribution in [0.5, 0.6) is 0 Å². The second-order valence-electron chi connectivity index (χ2n) is 3.09. The molecule has 2 amide bonds. The Bertz CT molecular complexity index is 335. The molecule has 0 saturated carbocycles. The van der Waals surface area contributed by atoms with Crippen molar-refractivity contribution in [2.24, 2.45) is 0 Å². The first-order valence-electron chi connectivity index (χ1n) is 4.93. The number of furan rings is 1. The highest BCUT2D eigenvalue weighted by atomic mass is 16.3. The summed E-state index contributed by atoms with van der Waals surface area (Å²) in [5.74, 6) is -0.557. The molecule has 0 bridgehead atoms. The summed E-state index contributed by atoms with van der Waals surface area (Å²) in [4.78, 5) is 22.5. The van der Waals surface area contributed by atoms with Crippen LogP contribution in [0.3, 0.4) is 0 Å². The van der Waals surface area contributed by atoms with Crippen molar-refractivity contribution in [3.8, 4) is 0 Å². The Morgan fingerprint density at radius 3 is 2.81 bits per heavy atom. The van der Waals surface area contributed by atoms with Gasteiger partial charge in [-0.15, -0.1) is 0 Å². The van der Waals surface area contributed by atoms with Crippen LogP contribution in [0.4, 0.5) is 0 Å². The summed E-state index contributed by atoms with van der Waals surface area (Å²) < 4.78 is 4.85. The molecule has 0 atom stereocenters. The van der Waals surface area contributed by atoms with Crippen LogP contribution >= 0.6 is 0 Å².